The van der Waals surface area contributed by atoms with E-state index in [0.717, 1.165) is 27.1 Å². The van der Waals surface area contributed by atoms with Crippen LogP contribution in [-0.4, -0.2) is 23.4 Å². The Hall–Kier alpha value is -2.60. The van der Waals surface area contributed by atoms with Crippen molar-refractivity contribution in [1.29, 1.82) is 0 Å². The summed E-state index contributed by atoms with van der Waals surface area (Å²) in [6, 6.07) is 23.9. The van der Waals surface area contributed by atoms with E-state index in [2.05, 4.69) is 42.3 Å². The predicted molar refractivity (Wildman–Crippen MR) is 129 cm³/mol. The second-order valence-corrected chi connectivity index (χ2v) is 9.59. The van der Waals surface area contributed by atoms with Crippen LogP contribution in [0.15, 0.2) is 72.8 Å². The van der Waals surface area contributed by atoms with Gasteiger partial charge in [0.25, 0.3) is 0 Å². The number of halogens is 1. The number of hydrogen-bond donors (Lipinski definition) is 2. The fourth-order valence-corrected chi connectivity index (χ4v) is 5.10. The van der Waals surface area contributed by atoms with Crippen molar-refractivity contribution in [3.8, 4) is 5.75 Å². The van der Waals surface area contributed by atoms with Gasteiger partial charge in [-0.05, 0) is 41.5 Å². The molecule has 1 heterocycles. The third-order valence-electron chi connectivity index (χ3n) is 5.62. The molecule has 4 aromatic rings. The van der Waals surface area contributed by atoms with Crippen molar-refractivity contribution in [2.75, 3.05) is 12.4 Å². The summed E-state index contributed by atoms with van der Waals surface area (Å²) in [5.41, 5.74) is 2.49. The van der Waals surface area contributed by atoms with Gasteiger partial charge in [-0.3, -0.25) is 0 Å². The van der Waals surface area contributed by atoms with Crippen LogP contribution in [0.5, 0.6) is 5.75 Å². The molecule has 0 amide bonds. The van der Waals surface area contributed by atoms with Gasteiger partial charge >= 0.3 is 0 Å². The van der Waals surface area contributed by atoms with Crippen molar-refractivity contribution in [1.82, 2.24) is 4.98 Å². The first kappa shape index (κ1) is 21.6. The summed E-state index contributed by atoms with van der Waals surface area (Å²) in [5, 5.41) is 15.9. The van der Waals surface area contributed by atoms with E-state index in [1.165, 1.54) is 11.3 Å². The Morgan fingerprint density at radius 1 is 1.00 bits per heavy atom. The van der Waals surface area contributed by atoms with Gasteiger partial charge in [-0.15, -0.1) is 0 Å². The molecule has 0 aliphatic carbocycles. The van der Waals surface area contributed by atoms with Crippen LogP contribution < -0.4 is 10.1 Å². The third kappa shape index (κ3) is 4.54. The summed E-state index contributed by atoms with van der Waals surface area (Å²) >= 11 is 7.59. The van der Waals surface area contributed by atoms with Crippen molar-refractivity contribution in [3.63, 3.8) is 0 Å². The van der Waals surface area contributed by atoms with Gasteiger partial charge in [0.2, 0.25) is 0 Å². The van der Waals surface area contributed by atoms with Crippen molar-refractivity contribution in [3.05, 3.63) is 88.9 Å². The third-order valence-corrected chi connectivity index (χ3v) is 6.80. The zero-order valence-corrected chi connectivity index (χ0v) is 19.2. The summed E-state index contributed by atoms with van der Waals surface area (Å²) in [5.74, 6) is 0.717. The molecule has 2 N–H and O–H groups in total. The topological polar surface area (TPSA) is 54.4 Å². The Morgan fingerprint density at radius 3 is 2.48 bits per heavy atom. The van der Waals surface area contributed by atoms with Crippen molar-refractivity contribution >= 4 is 38.3 Å². The molecule has 0 saturated heterocycles. The van der Waals surface area contributed by atoms with E-state index in [1.54, 1.807) is 7.11 Å². The highest BCUT2D eigenvalue weighted by atomic mass is 35.5. The molecule has 0 aliphatic rings. The molecule has 0 spiro atoms. The minimum atomic E-state index is -0.847. The zero-order valence-electron chi connectivity index (χ0n) is 17.7. The summed E-state index contributed by atoms with van der Waals surface area (Å²) in [6.45, 7) is 4.12. The Bertz CT molecular complexity index is 1180. The van der Waals surface area contributed by atoms with Crippen LogP contribution in [0.25, 0.3) is 10.2 Å². The average Bonchev–Trinajstić information content (AvgIpc) is 3.16. The molecule has 4 nitrogen and oxygen atoms in total. The molecule has 0 radical (unpaired) electrons. The van der Waals surface area contributed by atoms with Gasteiger partial charge in [-0.2, -0.15) is 0 Å². The lowest BCUT2D eigenvalue weighted by atomic mass is 9.70. The first-order chi connectivity index (χ1) is 14.9. The molecule has 0 aliphatic heterocycles. The van der Waals surface area contributed by atoms with Gasteiger partial charge < -0.3 is 15.2 Å². The lowest BCUT2D eigenvalue weighted by molar-refractivity contribution is 0.0613. The average molecular weight is 453 g/mol. The summed E-state index contributed by atoms with van der Waals surface area (Å²) in [4.78, 5) is 4.61. The number of nitrogens with one attached hydrogen (secondary N) is 1. The normalized spacial score (nSPS) is 13.7. The molecule has 31 heavy (non-hydrogen) atoms. The highest BCUT2D eigenvalue weighted by Crippen LogP contribution is 2.44. The van der Waals surface area contributed by atoms with E-state index in [-0.39, 0.29) is 5.92 Å². The van der Waals surface area contributed by atoms with Crippen LogP contribution in [0.4, 0.5) is 5.13 Å². The Morgan fingerprint density at radius 2 is 1.74 bits per heavy atom. The number of thiazole rings is 1. The van der Waals surface area contributed by atoms with Crippen molar-refractivity contribution in [2.24, 2.45) is 5.41 Å². The van der Waals surface area contributed by atoms with Crippen LogP contribution in [0.2, 0.25) is 5.02 Å². The number of nitrogens with zero attached hydrogens (tertiary/aromatic N) is 1. The highest BCUT2D eigenvalue weighted by molar-refractivity contribution is 7.22. The summed E-state index contributed by atoms with van der Waals surface area (Å²) in [7, 11) is 1.66. The molecule has 0 fully saturated rings. The number of aromatic nitrogens is 1. The van der Waals surface area contributed by atoms with Gasteiger partial charge in [0.15, 0.2) is 5.13 Å². The van der Waals surface area contributed by atoms with Gasteiger partial charge in [0.1, 0.15) is 12.0 Å². The van der Waals surface area contributed by atoms with Crippen LogP contribution in [0.3, 0.4) is 0 Å². The summed E-state index contributed by atoms with van der Waals surface area (Å²) < 4.78 is 6.43. The molecule has 2 unspecified atom stereocenters. The zero-order chi connectivity index (χ0) is 22.0. The highest BCUT2D eigenvalue weighted by Gasteiger charge is 2.39. The second kappa shape index (κ2) is 8.87. The van der Waals surface area contributed by atoms with Gasteiger partial charge in [-0.1, -0.05) is 79.2 Å². The van der Waals surface area contributed by atoms with Gasteiger partial charge in [-0.25, -0.2) is 4.98 Å². The lowest BCUT2D eigenvalue weighted by Gasteiger charge is -2.39. The lowest BCUT2D eigenvalue weighted by Crippen LogP contribution is -2.41. The van der Waals surface area contributed by atoms with E-state index < -0.39 is 11.6 Å². The number of aliphatic hydroxyl groups excluding tert-OH is 1. The molecular formula is C25H25ClN2O2S. The van der Waals surface area contributed by atoms with Gasteiger partial charge in [0, 0.05) is 16.4 Å². The molecule has 2 atom stereocenters. The molecule has 1 aromatic heterocycles. The molecule has 0 bridgehead atoms. The fourth-order valence-electron chi connectivity index (χ4n) is 3.94. The Labute approximate surface area is 191 Å². The van der Waals surface area contributed by atoms with E-state index in [4.69, 9.17) is 16.3 Å². The first-order valence-electron chi connectivity index (χ1n) is 10.1. The molecule has 3 aromatic carbocycles. The predicted octanol–water partition coefficient (Wildman–Crippen LogP) is 6.55. The quantitative estimate of drug-likeness (QED) is 0.312. The smallest absolute Gasteiger partial charge is 0.185 e. The largest absolute Gasteiger partial charge is 0.497 e. The van der Waals surface area contributed by atoms with Crippen LogP contribution in [0.1, 0.15) is 30.9 Å². The molecule has 160 valence electrons. The maximum atomic E-state index is 11.3. The number of ether oxygens (including phenoxy) is 1. The Kier molecular flexibility index (Phi) is 6.19. The van der Waals surface area contributed by atoms with Crippen LogP contribution in [-0.2, 0) is 0 Å². The number of fused-ring (bicyclic) bond motifs is 1. The van der Waals surface area contributed by atoms with Gasteiger partial charge in [0.05, 0.1) is 17.3 Å². The SMILES string of the molecule is COc1cccc(C(c2ccccc2)C(C)(C)C(O)Nc2nc3ccc(Cl)cc3s2)c1. The van der Waals surface area contributed by atoms with E-state index in [9.17, 15) is 5.11 Å². The standard InChI is InChI=1S/C25H25ClN2O2S/c1-25(2,23(29)28-24-27-20-13-12-18(26)15-21(20)31-24)22(16-8-5-4-6-9-16)17-10-7-11-19(14-17)30-3/h4-15,22-23,29H,1-3H3,(H,27,28). The second-order valence-electron chi connectivity index (χ2n) is 8.12. The van der Waals surface area contributed by atoms with E-state index >= 15 is 0 Å². The Balaban J connectivity index is 1.69. The first-order valence-corrected chi connectivity index (χ1v) is 11.3. The number of benzene rings is 3. The maximum absolute atomic E-state index is 11.3. The number of aliphatic hydroxyl groups is 1. The molecule has 6 heteroatoms. The van der Waals surface area contributed by atoms with Crippen molar-refractivity contribution < 1.29 is 9.84 Å². The molecular weight excluding hydrogens is 428 g/mol. The molecule has 4 rings (SSSR count). The van der Waals surface area contributed by atoms with Crippen LogP contribution in [0, 0.1) is 5.41 Å². The number of rotatable bonds is 7. The van der Waals surface area contributed by atoms with E-state index in [0.29, 0.717) is 10.2 Å². The number of anilines is 1. The minimum absolute atomic E-state index is 0.0740. The minimum Gasteiger partial charge on any atom is -0.497 e. The maximum Gasteiger partial charge on any atom is 0.185 e. The monoisotopic (exact) mass is 452 g/mol. The fraction of sp³-hybridized carbons (Fsp3) is 0.240. The van der Waals surface area contributed by atoms with Crippen molar-refractivity contribution in [2.45, 2.75) is 26.0 Å². The number of methoxy groups -OCH3 is 1. The van der Waals surface area contributed by atoms with E-state index in [1.807, 2.05) is 54.6 Å². The summed E-state index contributed by atoms with van der Waals surface area (Å²) in [6.07, 6.45) is -0.847. The number of hydrogen-bond acceptors (Lipinski definition) is 5. The molecule has 0 saturated carbocycles. The van der Waals surface area contributed by atoms with Crippen LogP contribution >= 0.6 is 22.9 Å².